The van der Waals surface area contributed by atoms with Gasteiger partial charge in [0, 0.05) is 11.5 Å². The Labute approximate surface area is 131 Å². The molecule has 0 bridgehead atoms. The van der Waals surface area contributed by atoms with E-state index in [4.69, 9.17) is 9.47 Å². The number of imidazole rings is 1. The van der Waals surface area contributed by atoms with Crippen molar-refractivity contribution < 1.29 is 9.47 Å². The topological polar surface area (TPSA) is 35.8 Å². The zero-order chi connectivity index (χ0) is 14.7. The lowest BCUT2D eigenvalue weighted by molar-refractivity contribution is 0.319. The molecule has 4 nitrogen and oxygen atoms in total. The van der Waals surface area contributed by atoms with Gasteiger partial charge in [-0.15, -0.1) is 0 Å². The minimum atomic E-state index is 0.588. The summed E-state index contributed by atoms with van der Waals surface area (Å²) in [6.45, 7) is 2.54. The van der Waals surface area contributed by atoms with Crippen molar-refractivity contribution in [3.63, 3.8) is 0 Å². The summed E-state index contributed by atoms with van der Waals surface area (Å²) < 4.78 is 13.6. The van der Waals surface area contributed by atoms with E-state index in [1.54, 1.807) is 0 Å². The van der Waals surface area contributed by atoms with Crippen LogP contribution in [0.3, 0.4) is 0 Å². The summed E-state index contributed by atoms with van der Waals surface area (Å²) in [7, 11) is 0. The highest BCUT2D eigenvalue weighted by Gasteiger charge is 2.14. The molecule has 0 spiro atoms. The number of aromatic nitrogens is 2. The van der Waals surface area contributed by atoms with E-state index in [0.717, 1.165) is 17.1 Å². The number of hydrogen-bond acceptors (Lipinski definition) is 3. The van der Waals surface area contributed by atoms with Gasteiger partial charge >= 0.3 is 0 Å². The van der Waals surface area contributed by atoms with E-state index in [-0.39, 0.29) is 0 Å². The Balaban J connectivity index is 2.02. The fourth-order valence-electron chi connectivity index (χ4n) is 2.14. The van der Waals surface area contributed by atoms with Gasteiger partial charge in [-0.05, 0) is 31.2 Å². The average molecular weight is 347 g/mol. The highest BCUT2D eigenvalue weighted by molar-refractivity contribution is 9.08. The zero-order valence-electron chi connectivity index (χ0n) is 11.6. The van der Waals surface area contributed by atoms with Crippen molar-refractivity contribution >= 4 is 21.6 Å². The van der Waals surface area contributed by atoms with E-state index in [1.165, 1.54) is 0 Å². The average Bonchev–Trinajstić information content (AvgIpc) is 2.86. The molecule has 0 saturated carbocycles. The van der Waals surface area contributed by atoms with Crippen LogP contribution in [0.2, 0.25) is 0 Å². The van der Waals surface area contributed by atoms with Gasteiger partial charge in [-0.1, -0.05) is 34.1 Å². The van der Waals surface area contributed by atoms with Gasteiger partial charge in [0.25, 0.3) is 0 Å². The summed E-state index contributed by atoms with van der Waals surface area (Å²) in [5, 5.41) is 0.657. The van der Waals surface area contributed by atoms with E-state index in [2.05, 4.69) is 20.9 Å². The third-order valence-corrected chi connectivity index (χ3v) is 3.61. The molecule has 108 valence electrons. The number of rotatable bonds is 5. The Morgan fingerprint density at radius 1 is 1.10 bits per heavy atom. The number of pyridine rings is 1. The monoisotopic (exact) mass is 346 g/mol. The maximum atomic E-state index is 5.98. The standard InChI is InChI=1S/C16H15BrN2O2/c1-2-20-13-7-3-4-8-14(13)21-16-12(11-17)19-10-6-5-9-15(19)18-16/h3-10H,2,11H2,1H3. The van der Waals surface area contributed by atoms with E-state index in [1.807, 2.05) is 60.0 Å². The van der Waals surface area contributed by atoms with Crippen LogP contribution in [0.5, 0.6) is 17.4 Å². The summed E-state index contributed by atoms with van der Waals surface area (Å²) in [5.41, 5.74) is 1.83. The van der Waals surface area contributed by atoms with Crippen molar-refractivity contribution in [2.75, 3.05) is 6.61 Å². The first-order valence-corrected chi connectivity index (χ1v) is 7.87. The van der Waals surface area contributed by atoms with Crippen molar-refractivity contribution in [3.8, 4) is 17.4 Å². The molecule has 0 aliphatic carbocycles. The fraction of sp³-hybridized carbons (Fsp3) is 0.188. The third-order valence-electron chi connectivity index (χ3n) is 3.07. The van der Waals surface area contributed by atoms with Gasteiger partial charge in [0.1, 0.15) is 5.65 Å². The lowest BCUT2D eigenvalue weighted by Gasteiger charge is -2.10. The van der Waals surface area contributed by atoms with Crippen LogP contribution in [0, 0.1) is 0 Å². The predicted octanol–water partition coefficient (Wildman–Crippen LogP) is 4.42. The van der Waals surface area contributed by atoms with Crippen LogP contribution in [-0.2, 0) is 5.33 Å². The summed E-state index contributed by atoms with van der Waals surface area (Å²) >= 11 is 3.50. The largest absolute Gasteiger partial charge is 0.490 e. The summed E-state index contributed by atoms with van der Waals surface area (Å²) in [5.74, 6) is 1.98. The Hall–Kier alpha value is -2.01. The number of halogens is 1. The van der Waals surface area contributed by atoms with Gasteiger partial charge in [0.2, 0.25) is 5.88 Å². The number of hydrogen-bond donors (Lipinski definition) is 0. The molecule has 2 heterocycles. The molecule has 3 aromatic rings. The van der Waals surface area contributed by atoms with Gasteiger partial charge in [-0.3, -0.25) is 4.40 Å². The number of benzene rings is 1. The van der Waals surface area contributed by atoms with Crippen LogP contribution >= 0.6 is 15.9 Å². The quantitative estimate of drug-likeness (QED) is 0.641. The molecule has 5 heteroatoms. The van der Waals surface area contributed by atoms with Crippen LogP contribution in [0.15, 0.2) is 48.7 Å². The molecule has 1 aromatic carbocycles. The Morgan fingerprint density at radius 3 is 2.62 bits per heavy atom. The van der Waals surface area contributed by atoms with Crippen LogP contribution in [0.25, 0.3) is 5.65 Å². The van der Waals surface area contributed by atoms with E-state index < -0.39 is 0 Å². The SMILES string of the molecule is CCOc1ccccc1Oc1nc2ccccn2c1CBr. The second-order valence-corrected chi connectivity index (χ2v) is 4.97. The molecule has 0 N–H and O–H groups in total. The summed E-state index contributed by atoms with van der Waals surface area (Å²) in [4.78, 5) is 4.54. The molecule has 21 heavy (non-hydrogen) atoms. The molecule has 3 rings (SSSR count). The van der Waals surface area contributed by atoms with Crippen LogP contribution in [0.4, 0.5) is 0 Å². The first-order valence-electron chi connectivity index (χ1n) is 6.75. The van der Waals surface area contributed by atoms with Crippen molar-refractivity contribution in [1.82, 2.24) is 9.38 Å². The van der Waals surface area contributed by atoms with Crippen LogP contribution in [-0.4, -0.2) is 16.0 Å². The summed E-state index contributed by atoms with van der Waals surface area (Å²) in [6.07, 6.45) is 1.97. The molecular weight excluding hydrogens is 332 g/mol. The zero-order valence-corrected chi connectivity index (χ0v) is 13.2. The van der Waals surface area contributed by atoms with Gasteiger partial charge in [0.15, 0.2) is 11.5 Å². The van der Waals surface area contributed by atoms with Gasteiger partial charge in [-0.25, -0.2) is 0 Å². The molecule has 0 radical (unpaired) electrons. The molecule has 0 aliphatic heterocycles. The van der Waals surface area contributed by atoms with E-state index >= 15 is 0 Å². The molecule has 0 aliphatic rings. The van der Waals surface area contributed by atoms with Crippen molar-refractivity contribution in [3.05, 3.63) is 54.4 Å². The molecule has 0 saturated heterocycles. The normalized spacial score (nSPS) is 10.8. The predicted molar refractivity (Wildman–Crippen MR) is 85.5 cm³/mol. The first-order chi connectivity index (χ1) is 10.3. The lowest BCUT2D eigenvalue weighted by Crippen LogP contribution is -1.96. The molecule has 0 unspecified atom stereocenters. The smallest absolute Gasteiger partial charge is 0.242 e. The summed E-state index contributed by atoms with van der Waals surface area (Å²) in [6, 6.07) is 13.5. The van der Waals surface area contributed by atoms with E-state index in [0.29, 0.717) is 23.6 Å². The number of fused-ring (bicyclic) bond motifs is 1. The maximum absolute atomic E-state index is 5.98. The highest BCUT2D eigenvalue weighted by Crippen LogP contribution is 2.33. The third kappa shape index (κ3) is 2.74. The Kier molecular flexibility index (Phi) is 4.10. The minimum absolute atomic E-state index is 0.588. The lowest BCUT2D eigenvalue weighted by atomic mass is 10.3. The highest BCUT2D eigenvalue weighted by atomic mass is 79.9. The molecule has 0 amide bonds. The second kappa shape index (κ2) is 6.18. The van der Waals surface area contributed by atoms with Gasteiger partial charge < -0.3 is 9.47 Å². The van der Waals surface area contributed by atoms with Crippen molar-refractivity contribution in [2.45, 2.75) is 12.3 Å². The van der Waals surface area contributed by atoms with Crippen LogP contribution < -0.4 is 9.47 Å². The Bertz CT molecular complexity index is 755. The number of para-hydroxylation sites is 2. The van der Waals surface area contributed by atoms with Crippen LogP contribution in [0.1, 0.15) is 12.6 Å². The first kappa shape index (κ1) is 13.9. The van der Waals surface area contributed by atoms with Gasteiger partial charge in [0.05, 0.1) is 12.3 Å². The molecule has 0 fully saturated rings. The molecule has 0 atom stereocenters. The minimum Gasteiger partial charge on any atom is -0.490 e. The molecule has 2 aromatic heterocycles. The molecular formula is C16H15BrN2O2. The van der Waals surface area contributed by atoms with Gasteiger partial charge in [-0.2, -0.15) is 4.98 Å². The maximum Gasteiger partial charge on any atom is 0.242 e. The number of ether oxygens (including phenoxy) is 2. The van der Waals surface area contributed by atoms with E-state index in [9.17, 15) is 0 Å². The Morgan fingerprint density at radius 2 is 1.86 bits per heavy atom. The van der Waals surface area contributed by atoms with Crippen molar-refractivity contribution in [2.24, 2.45) is 0 Å². The second-order valence-electron chi connectivity index (χ2n) is 4.41. The fourth-order valence-corrected chi connectivity index (χ4v) is 2.65. The number of nitrogens with zero attached hydrogens (tertiary/aromatic N) is 2. The van der Waals surface area contributed by atoms with Crippen molar-refractivity contribution in [1.29, 1.82) is 0 Å². The number of alkyl halides is 1.